The van der Waals surface area contributed by atoms with Gasteiger partial charge in [0.2, 0.25) is 0 Å². The van der Waals surface area contributed by atoms with E-state index in [9.17, 15) is 4.79 Å². The Morgan fingerprint density at radius 1 is 1.36 bits per heavy atom. The predicted molar refractivity (Wildman–Crippen MR) is 57.3 cm³/mol. The van der Waals surface area contributed by atoms with E-state index in [4.69, 9.17) is 4.18 Å². The van der Waals surface area contributed by atoms with Gasteiger partial charge in [-0.25, -0.2) is 4.79 Å². The molecule has 0 aromatic heterocycles. The second-order valence-electron chi connectivity index (χ2n) is 3.43. The van der Waals surface area contributed by atoms with Gasteiger partial charge in [-0.2, -0.15) is 0 Å². The van der Waals surface area contributed by atoms with E-state index in [1.54, 1.807) is 6.26 Å². The first-order valence-corrected chi connectivity index (χ1v) is 5.81. The van der Waals surface area contributed by atoms with Crippen LogP contribution in [0.4, 0.5) is 0 Å². The van der Waals surface area contributed by atoms with Gasteiger partial charge in [-0.1, -0.05) is 12.1 Å². The van der Waals surface area contributed by atoms with Crippen LogP contribution in [0.5, 0.6) is 0 Å². The van der Waals surface area contributed by atoms with Crippen LogP contribution < -0.4 is 0 Å². The zero-order valence-corrected chi connectivity index (χ0v) is 8.84. The van der Waals surface area contributed by atoms with Gasteiger partial charge in [0.1, 0.15) is 0 Å². The van der Waals surface area contributed by atoms with Crippen molar-refractivity contribution in [2.45, 2.75) is 18.8 Å². The van der Waals surface area contributed by atoms with E-state index >= 15 is 0 Å². The Bertz CT molecular complexity index is 328. The van der Waals surface area contributed by atoms with Crippen molar-refractivity contribution in [2.24, 2.45) is 0 Å². The molecule has 0 atom stereocenters. The molecule has 0 amide bonds. The van der Waals surface area contributed by atoms with Crippen molar-refractivity contribution in [1.82, 2.24) is 0 Å². The highest BCUT2D eigenvalue weighted by Crippen LogP contribution is 2.39. The number of hydrogen-bond donors (Lipinski definition) is 0. The first kappa shape index (κ1) is 9.59. The fourth-order valence-corrected chi connectivity index (χ4v) is 1.68. The molecular weight excluding hydrogens is 196 g/mol. The Kier molecular flexibility index (Phi) is 2.77. The summed E-state index contributed by atoms with van der Waals surface area (Å²) in [5.74, 6) is 0.473. The highest BCUT2D eigenvalue weighted by Gasteiger charge is 2.23. The topological polar surface area (TPSA) is 26.3 Å². The minimum Gasteiger partial charge on any atom is -0.388 e. The molecule has 0 radical (unpaired) electrons. The van der Waals surface area contributed by atoms with Crippen LogP contribution in [0.3, 0.4) is 0 Å². The highest BCUT2D eigenvalue weighted by molar-refractivity contribution is 7.94. The summed E-state index contributed by atoms with van der Waals surface area (Å²) in [5.41, 5.74) is 1.97. The second-order valence-corrected chi connectivity index (χ2v) is 3.93. The first-order valence-electron chi connectivity index (χ1n) is 4.66. The van der Waals surface area contributed by atoms with Gasteiger partial charge in [0.25, 0.3) is 0 Å². The van der Waals surface area contributed by atoms with Crippen LogP contribution in [-0.2, 0) is 4.18 Å². The van der Waals surface area contributed by atoms with E-state index in [1.807, 2.05) is 24.3 Å². The van der Waals surface area contributed by atoms with Crippen molar-refractivity contribution in [1.29, 1.82) is 0 Å². The largest absolute Gasteiger partial charge is 0.388 e. The lowest BCUT2D eigenvalue weighted by molar-refractivity contribution is 0.0769. The molecule has 1 aliphatic carbocycles. The molecule has 1 aromatic carbocycles. The maximum absolute atomic E-state index is 11.3. The molecule has 0 unspecified atom stereocenters. The number of hydrogen-bond acceptors (Lipinski definition) is 3. The number of carbonyl (C=O) groups excluding carboxylic acids is 1. The third-order valence-electron chi connectivity index (χ3n) is 2.35. The molecule has 0 N–H and O–H groups in total. The van der Waals surface area contributed by atoms with Gasteiger partial charge in [0, 0.05) is 6.26 Å². The van der Waals surface area contributed by atoms with Gasteiger partial charge >= 0.3 is 5.97 Å². The molecule has 2 nitrogen and oxygen atoms in total. The van der Waals surface area contributed by atoms with E-state index in [1.165, 1.54) is 18.4 Å². The van der Waals surface area contributed by atoms with E-state index < -0.39 is 0 Å². The van der Waals surface area contributed by atoms with E-state index in [0.29, 0.717) is 5.56 Å². The van der Waals surface area contributed by atoms with Crippen molar-refractivity contribution in [2.75, 3.05) is 6.26 Å². The SMILES string of the molecule is CSOC(=O)c1ccc(C2CC2)cc1. The van der Waals surface area contributed by atoms with Crippen molar-refractivity contribution >= 4 is 18.0 Å². The lowest BCUT2D eigenvalue weighted by atomic mass is 10.1. The van der Waals surface area contributed by atoms with Gasteiger partial charge in [0.15, 0.2) is 0 Å². The van der Waals surface area contributed by atoms with Crippen molar-refractivity contribution in [3.05, 3.63) is 35.4 Å². The summed E-state index contributed by atoms with van der Waals surface area (Å²) in [7, 11) is 0. The predicted octanol–water partition coefficient (Wildman–Crippen LogP) is 3.00. The Morgan fingerprint density at radius 3 is 2.50 bits per heavy atom. The van der Waals surface area contributed by atoms with Crippen molar-refractivity contribution in [3.63, 3.8) is 0 Å². The standard InChI is InChI=1S/C11H12O2S/c1-14-13-11(12)10-6-4-9(5-7-10)8-2-3-8/h4-8H,2-3H2,1H3. The summed E-state index contributed by atoms with van der Waals surface area (Å²) in [4.78, 5) is 11.3. The zero-order valence-electron chi connectivity index (χ0n) is 8.03. The molecule has 3 heteroatoms. The molecule has 1 fully saturated rings. The Labute approximate surface area is 87.9 Å². The van der Waals surface area contributed by atoms with Gasteiger partial charge in [0.05, 0.1) is 17.6 Å². The van der Waals surface area contributed by atoms with Crippen LogP contribution in [0, 0.1) is 0 Å². The first-order chi connectivity index (χ1) is 6.81. The van der Waals surface area contributed by atoms with Gasteiger partial charge in [-0.3, -0.25) is 0 Å². The van der Waals surface area contributed by atoms with Crippen LogP contribution in [-0.4, -0.2) is 12.2 Å². The molecule has 0 saturated heterocycles. The third-order valence-corrected chi connectivity index (χ3v) is 2.67. The van der Waals surface area contributed by atoms with E-state index in [2.05, 4.69) is 0 Å². The molecule has 0 spiro atoms. The van der Waals surface area contributed by atoms with Gasteiger partial charge in [-0.05, 0) is 36.5 Å². The average Bonchev–Trinajstić information content (AvgIpc) is 3.02. The summed E-state index contributed by atoms with van der Waals surface area (Å²) >= 11 is 1.08. The minimum atomic E-state index is -0.264. The average molecular weight is 208 g/mol. The molecule has 1 saturated carbocycles. The molecule has 0 aliphatic heterocycles. The van der Waals surface area contributed by atoms with Crippen molar-refractivity contribution < 1.29 is 8.98 Å². The summed E-state index contributed by atoms with van der Waals surface area (Å²) < 4.78 is 4.82. The number of rotatable bonds is 3. The number of benzene rings is 1. The smallest absolute Gasteiger partial charge is 0.350 e. The van der Waals surface area contributed by atoms with Crippen LogP contribution in [0.2, 0.25) is 0 Å². The number of carbonyl (C=O) groups is 1. The Hall–Kier alpha value is -0.960. The van der Waals surface area contributed by atoms with Crippen LogP contribution in [0.1, 0.15) is 34.7 Å². The molecule has 0 bridgehead atoms. The molecule has 1 aliphatic rings. The van der Waals surface area contributed by atoms with Crippen LogP contribution in [0.15, 0.2) is 24.3 Å². The van der Waals surface area contributed by atoms with E-state index in [-0.39, 0.29) is 5.97 Å². The summed E-state index contributed by atoms with van der Waals surface area (Å²) in [6, 6.07) is 7.72. The molecule has 0 heterocycles. The molecular formula is C11H12O2S. The Balaban J connectivity index is 2.08. The second kappa shape index (κ2) is 4.05. The normalized spacial score (nSPS) is 15.2. The van der Waals surface area contributed by atoms with Crippen molar-refractivity contribution in [3.8, 4) is 0 Å². The molecule has 1 aromatic rings. The fraction of sp³-hybridized carbons (Fsp3) is 0.364. The lowest BCUT2D eigenvalue weighted by Gasteiger charge is -2.01. The molecule has 14 heavy (non-hydrogen) atoms. The fourth-order valence-electron chi connectivity index (χ4n) is 1.43. The summed E-state index contributed by atoms with van der Waals surface area (Å²) in [6.07, 6.45) is 4.31. The summed E-state index contributed by atoms with van der Waals surface area (Å²) in [6.45, 7) is 0. The zero-order chi connectivity index (χ0) is 9.97. The lowest BCUT2D eigenvalue weighted by Crippen LogP contribution is -1.99. The minimum absolute atomic E-state index is 0.264. The van der Waals surface area contributed by atoms with E-state index in [0.717, 1.165) is 18.0 Å². The quantitative estimate of drug-likeness (QED) is 0.714. The van der Waals surface area contributed by atoms with Gasteiger partial charge in [-0.15, -0.1) is 0 Å². The highest BCUT2D eigenvalue weighted by atomic mass is 32.2. The van der Waals surface area contributed by atoms with Crippen LogP contribution in [0.25, 0.3) is 0 Å². The summed E-state index contributed by atoms with van der Waals surface area (Å²) in [5, 5.41) is 0. The maximum atomic E-state index is 11.3. The third kappa shape index (κ3) is 2.10. The monoisotopic (exact) mass is 208 g/mol. The molecule has 2 rings (SSSR count). The maximum Gasteiger partial charge on any atom is 0.350 e. The van der Waals surface area contributed by atoms with Gasteiger partial charge < -0.3 is 4.18 Å². The molecule has 74 valence electrons. The Morgan fingerprint density at radius 2 is 2.00 bits per heavy atom. The van der Waals surface area contributed by atoms with Crippen LogP contribution >= 0.6 is 12.0 Å².